The van der Waals surface area contributed by atoms with E-state index in [0.29, 0.717) is 24.7 Å². The molecule has 0 spiro atoms. The van der Waals surface area contributed by atoms with E-state index in [1.165, 1.54) is 12.1 Å². The smallest absolute Gasteiger partial charge is 0.222 e. The number of hydrogen-bond acceptors (Lipinski definition) is 6. The molecule has 1 aromatic heterocycles. The van der Waals surface area contributed by atoms with E-state index in [1.807, 2.05) is 6.08 Å². The van der Waals surface area contributed by atoms with Gasteiger partial charge in [-0.3, -0.25) is 4.99 Å². The van der Waals surface area contributed by atoms with E-state index >= 15 is 0 Å². The fraction of sp³-hybridized carbons (Fsp3) is 0.316. The minimum atomic E-state index is -0.247. The SMILES string of the molecule is CCCCNc1nc(N)ncc1OCC1=NCC(c2ccc(F)cc2)=C1. The predicted octanol–water partition coefficient (Wildman–Crippen LogP) is 3.33. The number of rotatable bonds is 8. The summed E-state index contributed by atoms with van der Waals surface area (Å²) in [6.07, 6.45) is 5.64. The minimum absolute atomic E-state index is 0.202. The summed E-state index contributed by atoms with van der Waals surface area (Å²) in [6, 6.07) is 6.41. The number of nitrogens with one attached hydrogen (secondary N) is 1. The fourth-order valence-corrected chi connectivity index (χ4v) is 2.56. The lowest BCUT2D eigenvalue weighted by Crippen LogP contribution is -2.12. The van der Waals surface area contributed by atoms with Crippen LogP contribution in [-0.2, 0) is 0 Å². The monoisotopic (exact) mass is 355 g/mol. The van der Waals surface area contributed by atoms with Crippen LogP contribution in [0.15, 0.2) is 41.5 Å². The molecule has 0 saturated heterocycles. The number of nitrogens with two attached hydrogens (primary N) is 1. The lowest BCUT2D eigenvalue weighted by Gasteiger charge is -2.11. The highest BCUT2D eigenvalue weighted by molar-refractivity contribution is 6.05. The zero-order valence-corrected chi connectivity index (χ0v) is 14.7. The van der Waals surface area contributed by atoms with Crippen molar-refractivity contribution in [1.82, 2.24) is 9.97 Å². The standard InChI is InChI=1S/C19H22FN5O/c1-2-3-8-22-18-17(11-24-19(21)25-18)26-12-16-9-14(10-23-16)13-4-6-15(20)7-5-13/h4-7,9,11H,2-3,8,10,12H2,1H3,(H3,21,22,24,25). The molecule has 26 heavy (non-hydrogen) atoms. The third kappa shape index (κ3) is 4.56. The molecule has 1 aliphatic rings. The first-order valence-corrected chi connectivity index (χ1v) is 8.64. The Bertz CT molecular complexity index is 817. The van der Waals surface area contributed by atoms with Crippen molar-refractivity contribution >= 4 is 23.1 Å². The van der Waals surface area contributed by atoms with Gasteiger partial charge in [0, 0.05) is 6.54 Å². The summed E-state index contributed by atoms with van der Waals surface area (Å²) < 4.78 is 18.9. The number of nitrogens with zero attached hydrogens (tertiary/aromatic N) is 3. The number of nitrogen functional groups attached to an aromatic ring is 1. The molecule has 1 aromatic carbocycles. The first kappa shape index (κ1) is 17.8. The van der Waals surface area contributed by atoms with Crippen LogP contribution >= 0.6 is 0 Å². The van der Waals surface area contributed by atoms with Crippen molar-refractivity contribution < 1.29 is 9.13 Å². The quantitative estimate of drug-likeness (QED) is 0.710. The van der Waals surface area contributed by atoms with Crippen LogP contribution < -0.4 is 15.8 Å². The van der Waals surface area contributed by atoms with Gasteiger partial charge in [-0.25, -0.2) is 9.37 Å². The van der Waals surface area contributed by atoms with Crippen LogP contribution in [0.25, 0.3) is 5.57 Å². The molecule has 7 heteroatoms. The van der Waals surface area contributed by atoms with E-state index in [9.17, 15) is 4.39 Å². The topological polar surface area (TPSA) is 85.4 Å². The van der Waals surface area contributed by atoms with Gasteiger partial charge in [-0.15, -0.1) is 0 Å². The van der Waals surface area contributed by atoms with Crippen LogP contribution in [0.2, 0.25) is 0 Å². The maximum Gasteiger partial charge on any atom is 0.222 e. The second kappa shape index (κ2) is 8.42. The van der Waals surface area contributed by atoms with Gasteiger partial charge in [-0.05, 0) is 35.8 Å². The Hall–Kier alpha value is -2.96. The molecule has 6 nitrogen and oxygen atoms in total. The first-order chi connectivity index (χ1) is 12.7. The maximum absolute atomic E-state index is 13.0. The van der Waals surface area contributed by atoms with E-state index in [2.05, 4.69) is 27.2 Å². The van der Waals surface area contributed by atoms with Crippen LogP contribution in [0, 0.1) is 5.82 Å². The number of ether oxygens (including phenoxy) is 1. The number of anilines is 2. The van der Waals surface area contributed by atoms with Gasteiger partial charge in [0.05, 0.1) is 18.5 Å². The molecule has 0 saturated carbocycles. The second-order valence-electron chi connectivity index (χ2n) is 5.99. The second-order valence-corrected chi connectivity index (χ2v) is 5.99. The molecule has 0 aliphatic carbocycles. The molecule has 3 N–H and O–H groups in total. The molecule has 2 heterocycles. The van der Waals surface area contributed by atoms with Crippen LogP contribution in [0.3, 0.4) is 0 Å². The van der Waals surface area contributed by atoms with Gasteiger partial charge >= 0.3 is 0 Å². The van der Waals surface area contributed by atoms with Crippen molar-refractivity contribution in [3.63, 3.8) is 0 Å². The van der Waals surface area contributed by atoms with Gasteiger partial charge in [0.15, 0.2) is 11.6 Å². The molecule has 0 radical (unpaired) electrons. The van der Waals surface area contributed by atoms with Gasteiger partial charge in [0.2, 0.25) is 5.95 Å². The van der Waals surface area contributed by atoms with Gasteiger partial charge in [0.25, 0.3) is 0 Å². The maximum atomic E-state index is 13.0. The van der Waals surface area contributed by atoms with Crippen molar-refractivity contribution in [3.05, 3.63) is 47.9 Å². The summed E-state index contributed by atoms with van der Waals surface area (Å²) in [4.78, 5) is 12.7. The van der Waals surface area contributed by atoms with Crippen molar-refractivity contribution in [2.75, 3.05) is 30.7 Å². The van der Waals surface area contributed by atoms with Crippen molar-refractivity contribution in [2.24, 2.45) is 4.99 Å². The third-order valence-corrected chi connectivity index (χ3v) is 3.98. The predicted molar refractivity (Wildman–Crippen MR) is 102 cm³/mol. The Labute approximate surface area is 152 Å². The Kier molecular flexibility index (Phi) is 5.78. The third-order valence-electron chi connectivity index (χ3n) is 3.98. The molecule has 0 bridgehead atoms. The lowest BCUT2D eigenvalue weighted by molar-refractivity contribution is 0.376. The molecular weight excluding hydrogens is 333 g/mol. The molecule has 0 atom stereocenters. The molecule has 0 fully saturated rings. The van der Waals surface area contributed by atoms with Crippen LogP contribution in [-0.4, -0.2) is 35.4 Å². The number of halogens is 1. The summed E-state index contributed by atoms with van der Waals surface area (Å²) in [6.45, 7) is 3.78. The Morgan fingerprint density at radius 1 is 1.27 bits per heavy atom. The average Bonchev–Trinajstić information content (AvgIpc) is 3.11. The summed E-state index contributed by atoms with van der Waals surface area (Å²) in [5, 5.41) is 3.22. The Morgan fingerprint density at radius 3 is 2.85 bits per heavy atom. The van der Waals surface area contributed by atoms with E-state index < -0.39 is 0 Å². The summed E-state index contributed by atoms with van der Waals surface area (Å²) >= 11 is 0. The highest BCUT2D eigenvalue weighted by Crippen LogP contribution is 2.23. The van der Waals surface area contributed by atoms with Crippen molar-refractivity contribution in [2.45, 2.75) is 19.8 Å². The molecule has 0 amide bonds. The average molecular weight is 355 g/mol. The van der Waals surface area contributed by atoms with Gasteiger partial charge in [0.1, 0.15) is 12.4 Å². The molecule has 136 valence electrons. The number of unbranched alkanes of at least 4 members (excludes halogenated alkanes) is 1. The van der Waals surface area contributed by atoms with Crippen molar-refractivity contribution in [1.29, 1.82) is 0 Å². The number of aromatic nitrogens is 2. The number of benzene rings is 1. The molecule has 0 unspecified atom stereocenters. The molecule has 1 aliphatic heterocycles. The normalized spacial score (nSPS) is 13.3. The molecular formula is C19H22FN5O. The number of hydrogen-bond donors (Lipinski definition) is 2. The zero-order valence-electron chi connectivity index (χ0n) is 14.7. The van der Waals surface area contributed by atoms with Crippen LogP contribution in [0.1, 0.15) is 25.3 Å². The Balaban J connectivity index is 1.63. The van der Waals surface area contributed by atoms with Gasteiger partial charge < -0.3 is 15.8 Å². The lowest BCUT2D eigenvalue weighted by atomic mass is 10.1. The Morgan fingerprint density at radius 2 is 2.08 bits per heavy atom. The van der Waals surface area contributed by atoms with E-state index in [0.717, 1.165) is 36.2 Å². The fourth-order valence-electron chi connectivity index (χ4n) is 2.56. The zero-order chi connectivity index (χ0) is 18.4. The highest BCUT2D eigenvalue weighted by Gasteiger charge is 2.13. The largest absolute Gasteiger partial charge is 0.482 e. The molecule has 2 aromatic rings. The van der Waals surface area contributed by atoms with E-state index in [-0.39, 0.29) is 11.8 Å². The van der Waals surface area contributed by atoms with E-state index in [4.69, 9.17) is 10.5 Å². The van der Waals surface area contributed by atoms with Crippen LogP contribution in [0.5, 0.6) is 5.75 Å². The first-order valence-electron chi connectivity index (χ1n) is 8.64. The van der Waals surface area contributed by atoms with Crippen molar-refractivity contribution in [3.8, 4) is 5.75 Å². The van der Waals surface area contributed by atoms with Gasteiger partial charge in [-0.2, -0.15) is 4.98 Å². The van der Waals surface area contributed by atoms with E-state index in [1.54, 1.807) is 18.3 Å². The number of aliphatic imine (C=N–C) groups is 1. The summed E-state index contributed by atoms with van der Waals surface area (Å²) in [5.74, 6) is 1.09. The summed E-state index contributed by atoms with van der Waals surface area (Å²) in [5.41, 5.74) is 8.49. The summed E-state index contributed by atoms with van der Waals surface area (Å²) in [7, 11) is 0. The minimum Gasteiger partial charge on any atom is -0.482 e. The van der Waals surface area contributed by atoms with Gasteiger partial charge in [-0.1, -0.05) is 25.5 Å². The van der Waals surface area contributed by atoms with Crippen LogP contribution in [0.4, 0.5) is 16.2 Å². The highest BCUT2D eigenvalue weighted by atomic mass is 19.1. The molecule has 3 rings (SSSR count).